The van der Waals surface area contributed by atoms with Gasteiger partial charge in [-0.2, -0.15) is 0 Å². The molecule has 0 aliphatic heterocycles. The van der Waals surface area contributed by atoms with Crippen LogP contribution in [0.25, 0.3) is 21.9 Å². The lowest BCUT2D eigenvalue weighted by molar-refractivity contribution is -0.119. The van der Waals surface area contributed by atoms with E-state index in [1.165, 1.54) is 44.8 Å². The van der Waals surface area contributed by atoms with Crippen LogP contribution in [0.2, 0.25) is 0 Å². The highest BCUT2D eigenvalue weighted by Crippen LogP contribution is 2.42. The molecule has 0 saturated carbocycles. The number of furan rings is 1. The third-order valence-corrected chi connectivity index (χ3v) is 6.73. The Morgan fingerprint density at radius 2 is 1.76 bits per heavy atom. The molecule has 0 spiro atoms. The van der Waals surface area contributed by atoms with Crippen LogP contribution in [0.5, 0.6) is 11.5 Å². The van der Waals surface area contributed by atoms with Crippen LogP contribution in [0.4, 0.5) is 0 Å². The van der Waals surface area contributed by atoms with Crippen LogP contribution in [-0.2, 0) is 4.74 Å². The van der Waals surface area contributed by atoms with Crippen LogP contribution in [0.1, 0.15) is 59.3 Å². The minimum atomic E-state index is -1.12. The van der Waals surface area contributed by atoms with Gasteiger partial charge in [0, 0.05) is 6.07 Å². The number of aliphatic hydroxyl groups is 2. The summed E-state index contributed by atoms with van der Waals surface area (Å²) in [7, 11) is 1.52. The Morgan fingerprint density at radius 1 is 1.02 bits per heavy atom. The van der Waals surface area contributed by atoms with E-state index in [4.69, 9.17) is 23.0 Å². The highest BCUT2D eigenvalue weighted by molar-refractivity contribution is 6.06. The Labute approximate surface area is 246 Å². The summed E-state index contributed by atoms with van der Waals surface area (Å²) in [4.78, 5) is 12.1. The molecule has 0 aliphatic carbocycles. The van der Waals surface area contributed by atoms with Gasteiger partial charge >= 0.3 is 5.63 Å². The summed E-state index contributed by atoms with van der Waals surface area (Å²) in [5, 5.41) is 21.9. The number of fused-ring (bicyclic) bond motifs is 2. The SMILES string of the molecule is C=C[C@H](O)C#CC#C[C@H](C=CCCCCCCC)OC(C)(C)[C@H](O)COc1c2occc2c(OC)c2ccc(=O)oc12. The van der Waals surface area contributed by atoms with E-state index in [1.54, 1.807) is 26.0 Å². The molecule has 0 radical (unpaired) electrons. The molecule has 3 rings (SSSR count). The molecule has 0 amide bonds. The van der Waals surface area contributed by atoms with Gasteiger partial charge in [-0.3, -0.25) is 0 Å². The zero-order valence-electron chi connectivity index (χ0n) is 24.8. The van der Waals surface area contributed by atoms with Crippen molar-refractivity contribution < 1.29 is 33.3 Å². The summed E-state index contributed by atoms with van der Waals surface area (Å²) in [6.07, 6.45) is 10.7. The Bertz CT molecular complexity index is 1540. The predicted molar refractivity (Wildman–Crippen MR) is 164 cm³/mol. The van der Waals surface area contributed by atoms with Crippen molar-refractivity contribution in [3.8, 4) is 35.2 Å². The molecule has 2 N–H and O–H groups in total. The van der Waals surface area contributed by atoms with Crippen molar-refractivity contribution in [1.82, 2.24) is 0 Å². The lowest BCUT2D eigenvalue weighted by Crippen LogP contribution is -2.44. The van der Waals surface area contributed by atoms with Crippen molar-refractivity contribution in [3.05, 3.63) is 59.7 Å². The number of rotatable bonds is 15. The third-order valence-electron chi connectivity index (χ3n) is 6.73. The van der Waals surface area contributed by atoms with Crippen molar-refractivity contribution in [2.45, 2.75) is 83.2 Å². The molecule has 1 aromatic carbocycles. The first-order valence-electron chi connectivity index (χ1n) is 14.2. The topological polar surface area (TPSA) is 112 Å². The van der Waals surface area contributed by atoms with E-state index >= 15 is 0 Å². The van der Waals surface area contributed by atoms with Crippen molar-refractivity contribution in [1.29, 1.82) is 0 Å². The molecular formula is C34H40O8. The van der Waals surface area contributed by atoms with E-state index in [0.717, 1.165) is 19.3 Å². The number of hydrogen-bond acceptors (Lipinski definition) is 8. The maximum atomic E-state index is 12.1. The molecule has 0 unspecified atom stereocenters. The lowest BCUT2D eigenvalue weighted by atomic mass is 10.0. The Hall–Kier alpha value is -3.95. The molecule has 3 atom stereocenters. The average Bonchev–Trinajstić information content (AvgIpc) is 3.45. The van der Waals surface area contributed by atoms with Gasteiger partial charge in [0.05, 0.1) is 29.7 Å². The van der Waals surface area contributed by atoms with Gasteiger partial charge in [-0.15, -0.1) is 0 Å². The van der Waals surface area contributed by atoms with Gasteiger partial charge in [0.15, 0.2) is 11.2 Å². The summed E-state index contributed by atoms with van der Waals surface area (Å²) >= 11 is 0. The lowest BCUT2D eigenvalue weighted by Gasteiger charge is -2.32. The second-order valence-corrected chi connectivity index (χ2v) is 10.3. The fourth-order valence-electron chi connectivity index (χ4n) is 4.27. The van der Waals surface area contributed by atoms with E-state index in [9.17, 15) is 15.0 Å². The normalized spacial score (nSPS) is 13.7. The second-order valence-electron chi connectivity index (χ2n) is 10.3. The zero-order valence-corrected chi connectivity index (χ0v) is 24.8. The molecule has 8 nitrogen and oxygen atoms in total. The van der Waals surface area contributed by atoms with Crippen molar-refractivity contribution >= 4 is 21.9 Å². The van der Waals surface area contributed by atoms with E-state index in [0.29, 0.717) is 22.1 Å². The summed E-state index contributed by atoms with van der Waals surface area (Å²) < 4.78 is 28.9. The summed E-state index contributed by atoms with van der Waals surface area (Å²) in [5.74, 6) is 11.5. The van der Waals surface area contributed by atoms with Crippen molar-refractivity contribution in [3.63, 3.8) is 0 Å². The molecule has 0 aliphatic rings. The second kappa shape index (κ2) is 15.9. The minimum absolute atomic E-state index is 0.152. The van der Waals surface area contributed by atoms with E-state index in [1.807, 2.05) is 12.2 Å². The molecule has 42 heavy (non-hydrogen) atoms. The van der Waals surface area contributed by atoms with Crippen LogP contribution in [0, 0.1) is 23.7 Å². The van der Waals surface area contributed by atoms with Gasteiger partial charge in [-0.25, -0.2) is 4.79 Å². The third kappa shape index (κ3) is 8.77. The van der Waals surface area contributed by atoms with E-state index < -0.39 is 29.5 Å². The first kappa shape index (κ1) is 32.6. The van der Waals surface area contributed by atoms with Gasteiger partial charge < -0.3 is 33.3 Å². The first-order valence-corrected chi connectivity index (χ1v) is 14.2. The smallest absolute Gasteiger partial charge is 0.336 e. The quantitative estimate of drug-likeness (QED) is 0.0993. The minimum Gasteiger partial charge on any atom is -0.495 e. The molecule has 2 aromatic heterocycles. The Kier molecular flexibility index (Phi) is 12.3. The average molecular weight is 577 g/mol. The first-order chi connectivity index (χ1) is 20.2. The van der Waals surface area contributed by atoms with Gasteiger partial charge in [0.1, 0.15) is 30.7 Å². The zero-order chi connectivity index (χ0) is 30.5. The summed E-state index contributed by atoms with van der Waals surface area (Å²) in [6.45, 7) is 8.94. The number of benzene rings is 1. The van der Waals surface area contributed by atoms with Crippen LogP contribution < -0.4 is 15.1 Å². The molecule has 0 bridgehead atoms. The Morgan fingerprint density at radius 3 is 2.50 bits per heavy atom. The highest BCUT2D eigenvalue weighted by Gasteiger charge is 2.32. The van der Waals surface area contributed by atoms with Gasteiger partial charge in [-0.05, 0) is 56.7 Å². The monoisotopic (exact) mass is 576 g/mol. The van der Waals surface area contributed by atoms with Crippen LogP contribution in [0.15, 0.2) is 62.9 Å². The molecular weight excluding hydrogens is 536 g/mol. The van der Waals surface area contributed by atoms with Gasteiger partial charge in [0.25, 0.3) is 0 Å². The van der Waals surface area contributed by atoms with Crippen LogP contribution in [-0.4, -0.2) is 47.8 Å². The fraction of sp³-hybridized carbons (Fsp3) is 0.441. The maximum Gasteiger partial charge on any atom is 0.336 e. The number of methoxy groups -OCH3 is 1. The van der Waals surface area contributed by atoms with Crippen molar-refractivity contribution in [2.75, 3.05) is 13.7 Å². The van der Waals surface area contributed by atoms with E-state index in [2.05, 4.69) is 37.2 Å². The molecule has 224 valence electrons. The number of ether oxygens (including phenoxy) is 3. The summed E-state index contributed by atoms with van der Waals surface area (Å²) in [6, 6.07) is 4.62. The molecule has 8 heteroatoms. The number of unbranched alkanes of at least 4 members (excludes halogenated alkanes) is 5. The summed E-state index contributed by atoms with van der Waals surface area (Å²) in [5.41, 5.74) is -1.19. The van der Waals surface area contributed by atoms with Crippen LogP contribution in [0.3, 0.4) is 0 Å². The van der Waals surface area contributed by atoms with Crippen LogP contribution >= 0.6 is 0 Å². The maximum absolute atomic E-state index is 12.1. The molecule has 0 fully saturated rings. The molecule has 3 aromatic rings. The van der Waals surface area contributed by atoms with Gasteiger partial charge in [-0.1, -0.05) is 63.2 Å². The van der Waals surface area contributed by atoms with Crippen molar-refractivity contribution in [2.24, 2.45) is 0 Å². The molecule has 2 heterocycles. The number of allylic oxidation sites excluding steroid dienone is 1. The molecule has 0 saturated heterocycles. The van der Waals surface area contributed by atoms with Gasteiger partial charge in [0.2, 0.25) is 5.75 Å². The largest absolute Gasteiger partial charge is 0.495 e. The Balaban J connectivity index is 1.78. The number of hydrogen-bond donors (Lipinski definition) is 2. The fourth-order valence-corrected chi connectivity index (χ4v) is 4.27. The van der Waals surface area contributed by atoms with E-state index in [-0.39, 0.29) is 17.9 Å². The standard InChI is InChI=1S/C34H40O8/c1-6-8-9-10-11-12-13-17-25(18-15-14-16-24(35)7-2)42-34(3,4)28(36)23-40-33-31-27(21-22-39-31)30(38-5)26-19-20-29(37)41-32(26)33/h7,13,17,19-22,24-25,28,35-36H,2,6,8-12,23H2,1,3-5H3/t24-,25-,28+/m0/s1. The highest BCUT2D eigenvalue weighted by atomic mass is 16.5. The predicted octanol–water partition coefficient (Wildman–Crippen LogP) is 5.92. The number of aliphatic hydroxyl groups excluding tert-OH is 2.